The van der Waals surface area contributed by atoms with Crippen LogP contribution < -0.4 is 0 Å². The Morgan fingerprint density at radius 2 is 1.64 bits per heavy atom. The van der Waals surface area contributed by atoms with Crippen molar-refractivity contribution in [1.29, 1.82) is 0 Å². The first-order valence-electron chi connectivity index (χ1n) is 3.56. The molecule has 0 aliphatic heterocycles. The number of hydrogen-bond donors (Lipinski definition) is 0. The van der Waals surface area contributed by atoms with E-state index in [1.54, 1.807) is 0 Å². The second-order valence-electron chi connectivity index (χ2n) is 2.39. The molecule has 1 rings (SSSR count). The Kier molecular flexibility index (Phi) is 4.23. The zero-order valence-electron chi connectivity index (χ0n) is 6.19. The molecular weight excluding hydrogens is 270 g/mol. The predicted molar refractivity (Wildman–Crippen MR) is 58.6 cm³/mol. The largest absolute Gasteiger partial charge is 0.122 e. The maximum absolute atomic E-state index is 5.65. The fourth-order valence-corrected chi connectivity index (χ4v) is 1.71. The van der Waals surface area contributed by atoms with Crippen LogP contribution in [0.3, 0.4) is 0 Å². The molecule has 0 saturated carbocycles. The molecule has 0 amide bonds. The molecule has 0 aliphatic carbocycles. The van der Waals surface area contributed by atoms with E-state index < -0.39 is 0 Å². The molecule has 11 heavy (non-hydrogen) atoms. The molecule has 1 aromatic rings. The lowest BCUT2D eigenvalue weighted by molar-refractivity contribution is 1.17. The van der Waals surface area contributed by atoms with Gasteiger partial charge in [-0.3, -0.25) is 0 Å². The molecule has 0 aromatic heterocycles. The van der Waals surface area contributed by atoms with Gasteiger partial charge in [0.25, 0.3) is 0 Å². The van der Waals surface area contributed by atoms with Gasteiger partial charge in [0.2, 0.25) is 0 Å². The molecule has 0 aliphatic rings. The van der Waals surface area contributed by atoms with Crippen LogP contribution in [0.4, 0.5) is 0 Å². The van der Waals surface area contributed by atoms with Crippen LogP contribution in [-0.2, 0) is 12.3 Å². The van der Waals surface area contributed by atoms with Crippen molar-refractivity contribution in [3.8, 4) is 0 Å². The summed E-state index contributed by atoms with van der Waals surface area (Å²) in [5.74, 6) is 0.616. The van der Waals surface area contributed by atoms with E-state index in [9.17, 15) is 0 Å². The molecule has 60 valence electrons. The molecule has 0 fully saturated rings. The van der Waals surface area contributed by atoms with Crippen LogP contribution in [0.25, 0.3) is 0 Å². The molecule has 0 spiro atoms. The van der Waals surface area contributed by atoms with Gasteiger partial charge in [0.05, 0.1) is 0 Å². The maximum Gasteiger partial charge on any atom is 0.0474 e. The zero-order valence-corrected chi connectivity index (χ0v) is 9.10. The molecule has 2 heteroatoms. The van der Waals surface area contributed by atoms with Crippen molar-refractivity contribution in [2.45, 2.75) is 12.3 Å². The Morgan fingerprint density at radius 3 is 2.09 bits per heavy atom. The Hall–Kier alpha value is 0.240. The highest BCUT2D eigenvalue weighted by atomic mass is 127. The number of alkyl halides is 2. The quantitative estimate of drug-likeness (QED) is 0.588. The normalized spacial score (nSPS) is 10.0. The molecule has 0 atom stereocenters. The van der Waals surface area contributed by atoms with Crippen LogP contribution in [0, 0.1) is 0 Å². The molecule has 0 heterocycles. The van der Waals surface area contributed by atoms with E-state index in [0.29, 0.717) is 5.88 Å². The number of aryl methyl sites for hydroxylation is 1. The van der Waals surface area contributed by atoms with Crippen molar-refractivity contribution in [2.24, 2.45) is 0 Å². The summed E-state index contributed by atoms with van der Waals surface area (Å²) in [6.07, 6.45) is 1.16. The molecule has 0 N–H and O–H groups in total. The Bertz CT molecular complexity index is 205. The van der Waals surface area contributed by atoms with E-state index in [2.05, 4.69) is 46.9 Å². The molecule has 0 bridgehead atoms. The summed E-state index contributed by atoms with van der Waals surface area (Å²) in [6.45, 7) is 0. The Morgan fingerprint density at radius 1 is 1.09 bits per heavy atom. The van der Waals surface area contributed by atoms with E-state index in [4.69, 9.17) is 11.6 Å². The predicted octanol–water partition coefficient (Wildman–Crippen LogP) is 3.40. The smallest absolute Gasteiger partial charge is 0.0474 e. The molecular formula is C9H10ClI. The van der Waals surface area contributed by atoms with Crippen LogP contribution in [0.2, 0.25) is 0 Å². The third-order valence-corrected chi connectivity index (χ3v) is 2.41. The molecule has 0 radical (unpaired) electrons. The average molecular weight is 281 g/mol. The number of benzene rings is 1. The maximum atomic E-state index is 5.65. The van der Waals surface area contributed by atoms with Gasteiger partial charge in [-0.25, -0.2) is 0 Å². The van der Waals surface area contributed by atoms with Gasteiger partial charge in [0.15, 0.2) is 0 Å². The minimum atomic E-state index is 0.616. The zero-order chi connectivity index (χ0) is 8.10. The monoisotopic (exact) mass is 280 g/mol. The number of rotatable bonds is 3. The van der Waals surface area contributed by atoms with E-state index >= 15 is 0 Å². The van der Waals surface area contributed by atoms with Crippen LogP contribution in [0.1, 0.15) is 11.1 Å². The van der Waals surface area contributed by atoms with E-state index in [0.717, 1.165) is 6.42 Å². The first-order valence-corrected chi connectivity index (χ1v) is 5.62. The van der Waals surface area contributed by atoms with Crippen molar-refractivity contribution >= 4 is 34.2 Å². The van der Waals surface area contributed by atoms with Crippen molar-refractivity contribution in [3.05, 3.63) is 35.4 Å². The van der Waals surface area contributed by atoms with Gasteiger partial charge in [-0.05, 0) is 17.5 Å². The number of halogens is 2. The highest BCUT2D eigenvalue weighted by Gasteiger charge is 1.91. The van der Waals surface area contributed by atoms with Gasteiger partial charge in [0, 0.05) is 10.3 Å². The van der Waals surface area contributed by atoms with E-state index in [-0.39, 0.29) is 0 Å². The van der Waals surface area contributed by atoms with Crippen molar-refractivity contribution in [3.63, 3.8) is 0 Å². The minimum absolute atomic E-state index is 0.616. The highest BCUT2D eigenvalue weighted by Crippen LogP contribution is 2.07. The highest BCUT2D eigenvalue weighted by molar-refractivity contribution is 14.1. The summed E-state index contributed by atoms with van der Waals surface area (Å²) in [6, 6.07) is 8.48. The summed E-state index contributed by atoms with van der Waals surface area (Å²) in [5.41, 5.74) is 2.59. The molecule has 0 nitrogen and oxygen atoms in total. The summed E-state index contributed by atoms with van der Waals surface area (Å²) in [4.78, 5) is 0. The fourth-order valence-electron chi connectivity index (χ4n) is 0.904. The van der Waals surface area contributed by atoms with Crippen molar-refractivity contribution < 1.29 is 0 Å². The molecule has 0 saturated heterocycles. The summed E-state index contributed by atoms with van der Waals surface area (Å²) in [7, 11) is 0. The summed E-state index contributed by atoms with van der Waals surface area (Å²) >= 11 is 8.04. The van der Waals surface area contributed by atoms with E-state index in [1.165, 1.54) is 15.6 Å². The van der Waals surface area contributed by atoms with Crippen LogP contribution in [0.5, 0.6) is 0 Å². The lowest BCUT2D eigenvalue weighted by Crippen LogP contribution is -1.85. The third-order valence-electron chi connectivity index (χ3n) is 1.56. The van der Waals surface area contributed by atoms with Gasteiger partial charge >= 0.3 is 0 Å². The fraction of sp³-hybridized carbons (Fsp3) is 0.333. The lowest BCUT2D eigenvalue weighted by Gasteiger charge is -1.98. The van der Waals surface area contributed by atoms with Crippen molar-refractivity contribution in [2.75, 3.05) is 4.43 Å². The van der Waals surface area contributed by atoms with Crippen LogP contribution in [-0.4, -0.2) is 4.43 Å². The van der Waals surface area contributed by atoms with Gasteiger partial charge in [-0.1, -0.05) is 46.9 Å². The number of hydrogen-bond acceptors (Lipinski definition) is 0. The summed E-state index contributed by atoms with van der Waals surface area (Å²) < 4.78 is 1.18. The average Bonchev–Trinajstić information content (AvgIpc) is 2.07. The van der Waals surface area contributed by atoms with Gasteiger partial charge in [0.1, 0.15) is 0 Å². The van der Waals surface area contributed by atoms with Crippen molar-refractivity contribution in [1.82, 2.24) is 0 Å². The van der Waals surface area contributed by atoms with Gasteiger partial charge in [-0.2, -0.15) is 0 Å². The second kappa shape index (κ2) is 4.99. The first-order chi connectivity index (χ1) is 5.36. The van der Waals surface area contributed by atoms with Crippen LogP contribution in [0.15, 0.2) is 24.3 Å². The Labute approximate surface area is 86.1 Å². The summed E-state index contributed by atoms with van der Waals surface area (Å²) in [5, 5.41) is 0. The lowest BCUT2D eigenvalue weighted by atomic mass is 10.1. The second-order valence-corrected chi connectivity index (χ2v) is 3.74. The minimum Gasteiger partial charge on any atom is -0.122 e. The first kappa shape index (κ1) is 9.33. The van der Waals surface area contributed by atoms with Crippen LogP contribution >= 0.6 is 34.2 Å². The molecule has 0 unspecified atom stereocenters. The van der Waals surface area contributed by atoms with Gasteiger partial charge < -0.3 is 0 Å². The van der Waals surface area contributed by atoms with E-state index in [1.807, 2.05) is 0 Å². The van der Waals surface area contributed by atoms with Gasteiger partial charge in [-0.15, -0.1) is 11.6 Å². The SMILES string of the molecule is ClCc1ccc(CCI)cc1. The topological polar surface area (TPSA) is 0 Å². The Balaban J connectivity index is 2.66. The standard InChI is InChI=1S/C9H10ClI/c10-7-9-3-1-8(2-4-9)5-6-11/h1-4H,5-7H2. The molecule has 1 aromatic carbocycles. The third kappa shape index (κ3) is 2.99.